The molecular formula is C19H16N6S2-2. The van der Waals surface area contributed by atoms with Gasteiger partial charge in [-0.1, -0.05) is 38.1 Å². The van der Waals surface area contributed by atoms with E-state index in [0.29, 0.717) is 21.9 Å². The van der Waals surface area contributed by atoms with Crippen molar-refractivity contribution in [2.75, 3.05) is 0 Å². The van der Waals surface area contributed by atoms with E-state index in [-0.39, 0.29) is 5.41 Å². The molecule has 27 heavy (non-hydrogen) atoms. The minimum atomic E-state index is -0.344. The lowest BCUT2D eigenvalue weighted by Gasteiger charge is -2.24. The number of aromatic nitrogens is 4. The van der Waals surface area contributed by atoms with E-state index >= 15 is 0 Å². The van der Waals surface area contributed by atoms with Crippen LogP contribution in [0.2, 0.25) is 0 Å². The average Bonchev–Trinajstić information content (AvgIpc) is 3.34. The molecule has 4 aromatic rings. The fourth-order valence-electron chi connectivity index (χ4n) is 2.37. The molecule has 0 radical (unpaired) electrons. The molecule has 6 nitrogen and oxygen atoms in total. The van der Waals surface area contributed by atoms with Gasteiger partial charge < -0.3 is 30.6 Å². The second kappa shape index (κ2) is 7.42. The number of rotatable bonds is 6. The van der Waals surface area contributed by atoms with Crippen LogP contribution in [0.3, 0.4) is 0 Å². The molecule has 0 atom stereocenters. The first-order chi connectivity index (χ1) is 13.1. The number of hydrogen-bond donors (Lipinski definition) is 0. The van der Waals surface area contributed by atoms with Crippen LogP contribution in [0.25, 0.3) is 10.6 Å². The predicted molar refractivity (Wildman–Crippen MR) is 110 cm³/mol. The van der Waals surface area contributed by atoms with Crippen molar-refractivity contribution in [3.8, 4) is 0 Å². The summed E-state index contributed by atoms with van der Waals surface area (Å²) in [6, 6.07) is 11.3. The van der Waals surface area contributed by atoms with E-state index in [0.717, 1.165) is 11.4 Å². The van der Waals surface area contributed by atoms with E-state index in [2.05, 4.69) is 44.4 Å². The molecule has 0 N–H and O–H groups in total. The van der Waals surface area contributed by atoms with Crippen LogP contribution in [-0.2, 0) is 5.41 Å². The quantitative estimate of drug-likeness (QED) is 0.381. The van der Waals surface area contributed by atoms with Gasteiger partial charge in [0.25, 0.3) is 0 Å². The third-order valence-electron chi connectivity index (χ3n) is 3.98. The Morgan fingerprint density at radius 1 is 0.741 bits per heavy atom. The standard InChI is InChI=1S/C19H16N6S2/c1-19(2,13-11-26-17(22-13)24-15-7-3-5-9-20-15)14-12-27-18(23-14)25-16-8-4-6-10-21-16/h3-12H,1-2H3/q-2. The van der Waals surface area contributed by atoms with Crippen LogP contribution < -0.4 is 0 Å². The fourth-order valence-corrected chi connectivity index (χ4v) is 4.10. The summed E-state index contributed by atoms with van der Waals surface area (Å²) in [5, 5.41) is 14.4. The smallest absolute Gasteiger partial charge is 0.0660 e. The zero-order valence-corrected chi connectivity index (χ0v) is 16.4. The first-order valence-corrected chi connectivity index (χ1v) is 10.0. The highest BCUT2D eigenvalue weighted by Gasteiger charge is 2.24. The molecule has 0 saturated heterocycles. The van der Waals surface area contributed by atoms with Gasteiger partial charge in [-0.15, -0.1) is 22.7 Å². The molecule has 0 aliphatic rings. The topological polar surface area (TPSA) is 79.8 Å². The van der Waals surface area contributed by atoms with Gasteiger partial charge in [0.15, 0.2) is 0 Å². The molecule has 0 aromatic carbocycles. The van der Waals surface area contributed by atoms with E-state index in [4.69, 9.17) is 0 Å². The van der Waals surface area contributed by atoms with Gasteiger partial charge >= 0.3 is 0 Å². The van der Waals surface area contributed by atoms with Gasteiger partial charge in [-0.25, -0.2) is 0 Å². The lowest BCUT2D eigenvalue weighted by atomic mass is 9.87. The minimum Gasteiger partial charge on any atom is -0.369 e. The maximum atomic E-state index is 4.68. The molecule has 0 aliphatic heterocycles. The van der Waals surface area contributed by atoms with Crippen molar-refractivity contribution < 1.29 is 0 Å². The molecule has 8 heteroatoms. The van der Waals surface area contributed by atoms with Crippen molar-refractivity contribution in [2.45, 2.75) is 19.3 Å². The largest absolute Gasteiger partial charge is 0.369 e. The molecule has 0 bridgehead atoms. The molecule has 0 unspecified atom stereocenters. The molecule has 0 spiro atoms. The normalized spacial score (nSPS) is 11.3. The van der Waals surface area contributed by atoms with Crippen LogP contribution in [0.15, 0.2) is 59.6 Å². The van der Waals surface area contributed by atoms with E-state index in [9.17, 15) is 0 Å². The second-order valence-electron chi connectivity index (χ2n) is 6.26. The highest BCUT2D eigenvalue weighted by molar-refractivity contribution is 7.14. The van der Waals surface area contributed by atoms with Crippen molar-refractivity contribution in [3.63, 3.8) is 0 Å². The maximum absolute atomic E-state index is 4.68. The number of pyridine rings is 2. The van der Waals surface area contributed by atoms with Crippen LogP contribution in [0.5, 0.6) is 0 Å². The van der Waals surface area contributed by atoms with Gasteiger partial charge in [0.1, 0.15) is 0 Å². The molecule has 4 heterocycles. The van der Waals surface area contributed by atoms with Gasteiger partial charge in [-0.3, -0.25) is 0 Å². The lowest BCUT2D eigenvalue weighted by molar-refractivity contribution is 0.605. The molecule has 0 fully saturated rings. The molecule has 0 aliphatic carbocycles. The summed E-state index contributed by atoms with van der Waals surface area (Å²) in [5.74, 6) is 1.31. The Hall–Kier alpha value is -2.84. The molecule has 4 aromatic heterocycles. The van der Waals surface area contributed by atoms with Gasteiger partial charge in [0.05, 0.1) is 10.3 Å². The molecule has 0 saturated carbocycles. The Morgan fingerprint density at radius 3 is 1.63 bits per heavy atom. The zero-order chi connectivity index (χ0) is 18.7. The molecule has 4 rings (SSSR count). The Balaban J connectivity index is 1.51. The van der Waals surface area contributed by atoms with E-state index in [1.807, 2.05) is 47.2 Å². The third kappa shape index (κ3) is 3.96. The first kappa shape index (κ1) is 17.6. The summed E-state index contributed by atoms with van der Waals surface area (Å²) in [4.78, 5) is 17.8. The van der Waals surface area contributed by atoms with Crippen molar-refractivity contribution in [1.29, 1.82) is 0 Å². The maximum Gasteiger partial charge on any atom is 0.0660 e. The fraction of sp³-hybridized carbons (Fsp3) is 0.158. The van der Waals surface area contributed by atoms with Crippen molar-refractivity contribution in [1.82, 2.24) is 19.9 Å². The van der Waals surface area contributed by atoms with Crippen molar-refractivity contribution >= 4 is 44.6 Å². The summed E-state index contributed by atoms with van der Waals surface area (Å²) >= 11 is 3.00. The Kier molecular flexibility index (Phi) is 4.83. The van der Waals surface area contributed by atoms with E-state index < -0.39 is 0 Å². The summed E-state index contributed by atoms with van der Waals surface area (Å²) in [6.45, 7) is 4.21. The summed E-state index contributed by atoms with van der Waals surface area (Å²) < 4.78 is 0. The number of nitrogens with zero attached hydrogens (tertiary/aromatic N) is 6. The van der Waals surface area contributed by atoms with Gasteiger partial charge in [-0.2, -0.15) is 0 Å². The van der Waals surface area contributed by atoms with Crippen molar-refractivity contribution in [2.24, 2.45) is 0 Å². The van der Waals surface area contributed by atoms with E-state index in [1.165, 1.54) is 22.7 Å². The van der Waals surface area contributed by atoms with Crippen molar-refractivity contribution in [3.05, 3.63) is 81.6 Å². The minimum absolute atomic E-state index is 0.344. The van der Waals surface area contributed by atoms with Crippen LogP contribution in [0, 0.1) is 0 Å². The van der Waals surface area contributed by atoms with Crippen LogP contribution >= 0.6 is 22.7 Å². The number of thiazole rings is 2. The van der Waals surface area contributed by atoms with Crippen LogP contribution in [0.1, 0.15) is 25.2 Å². The van der Waals surface area contributed by atoms with Gasteiger partial charge in [0, 0.05) is 17.1 Å². The van der Waals surface area contributed by atoms with E-state index in [1.54, 1.807) is 12.4 Å². The first-order valence-electron chi connectivity index (χ1n) is 8.29. The Bertz CT molecular complexity index is 929. The van der Waals surface area contributed by atoms with Crippen LogP contribution in [-0.4, -0.2) is 19.9 Å². The molecule has 0 amide bonds. The van der Waals surface area contributed by atoms with Gasteiger partial charge in [-0.05, 0) is 46.7 Å². The lowest BCUT2D eigenvalue weighted by Crippen LogP contribution is -2.19. The summed E-state index contributed by atoms with van der Waals surface area (Å²) in [7, 11) is 0. The average molecular weight is 393 g/mol. The zero-order valence-electron chi connectivity index (χ0n) is 14.8. The molecular weight excluding hydrogens is 376 g/mol. The third-order valence-corrected chi connectivity index (χ3v) is 5.45. The Labute approximate surface area is 165 Å². The van der Waals surface area contributed by atoms with Crippen LogP contribution in [0.4, 0.5) is 21.9 Å². The predicted octanol–water partition coefficient (Wildman–Crippen LogP) is 6.39. The number of hydrogen-bond acceptors (Lipinski definition) is 6. The molecule has 136 valence electrons. The van der Waals surface area contributed by atoms with Gasteiger partial charge in [0.2, 0.25) is 0 Å². The highest BCUT2D eigenvalue weighted by Crippen LogP contribution is 2.40. The second-order valence-corrected chi connectivity index (χ2v) is 7.93. The summed E-state index contributed by atoms with van der Waals surface area (Å²) in [6.07, 6.45) is 3.44. The Morgan fingerprint density at radius 2 is 1.22 bits per heavy atom. The summed E-state index contributed by atoms with van der Waals surface area (Å²) in [5.41, 5.74) is 1.51. The SMILES string of the molecule is CC(C)(c1csc([N-]c2ccccn2)n1)c1csc([N-]c2ccccn2)n1. The highest BCUT2D eigenvalue weighted by atomic mass is 32.1. The monoisotopic (exact) mass is 392 g/mol.